The van der Waals surface area contributed by atoms with Crippen molar-refractivity contribution in [1.82, 2.24) is 0 Å². The van der Waals surface area contributed by atoms with Crippen LogP contribution >= 0.6 is 0 Å². The van der Waals surface area contributed by atoms with Crippen molar-refractivity contribution in [3.8, 4) is 5.75 Å². The molecule has 0 heterocycles. The molecule has 0 aliphatic rings. The minimum atomic E-state index is -1.48. The summed E-state index contributed by atoms with van der Waals surface area (Å²) >= 11 is 0. The SMILES string of the molecule is NC(C(=O)OCC(=O)c1ccc(OCc2ccccc2)cc1)C(=O)c1ccccc1. The molecule has 0 aliphatic carbocycles. The van der Waals surface area contributed by atoms with E-state index < -0.39 is 30.2 Å². The summed E-state index contributed by atoms with van der Waals surface area (Å²) in [5, 5.41) is 0. The molecule has 0 radical (unpaired) electrons. The van der Waals surface area contributed by atoms with Gasteiger partial charge < -0.3 is 15.2 Å². The maximum atomic E-state index is 12.3. The van der Waals surface area contributed by atoms with Gasteiger partial charge in [-0.2, -0.15) is 0 Å². The lowest BCUT2D eigenvalue weighted by Gasteiger charge is -2.11. The van der Waals surface area contributed by atoms with Crippen molar-refractivity contribution in [2.45, 2.75) is 12.6 Å². The van der Waals surface area contributed by atoms with E-state index in [2.05, 4.69) is 0 Å². The zero-order chi connectivity index (χ0) is 21.3. The summed E-state index contributed by atoms with van der Waals surface area (Å²) in [6, 6.07) is 22.9. The number of carbonyl (C=O) groups excluding carboxylic acids is 3. The summed E-state index contributed by atoms with van der Waals surface area (Å²) in [6.07, 6.45) is 0. The lowest BCUT2D eigenvalue weighted by Crippen LogP contribution is -2.40. The van der Waals surface area contributed by atoms with Crippen LogP contribution in [0.5, 0.6) is 5.75 Å². The van der Waals surface area contributed by atoms with Crippen LogP contribution in [0.3, 0.4) is 0 Å². The Hall–Kier alpha value is -3.77. The average molecular weight is 403 g/mol. The third-order valence-electron chi connectivity index (χ3n) is 4.36. The van der Waals surface area contributed by atoms with Crippen molar-refractivity contribution >= 4 is 17.5 Å². The van der Waals surface area contributed by atoms with Gasteiger partial charge in [-0.1, -0.05) is 60.7 Å². The van der Waals surface area contributed by atoms with Gasteiger partial charge in [0, 0.05) is 11.1 Å². The van der Waals surface area contributed by atoms with E-state index >= 15 is 0 Å². The third-order valence-corrected chi connectivity index (χ3v) is 4.36. The van der Waals surface area contributed by atoms with Crippen LogP contribution in [0.1, 0.15) is 26.3 Å². The van der Waals surface area contributed by atoms with Gasteiger partial charge in [-0.15, -0.1) is 0 Å². The fourth-order valence-corrected chi connectivity index (χ4v) is 2.68. The molecule has 30 heavy (non-hydrogen) atoms. The molecule has 1 atom stereocenters. The van der Waals surface area contributed by atoms with Crippen molar-refractivity contribution in [2.75, 3.05) is 6.61 Å². The molecule has 3 aromatic rings. The fourth-order valence-electron chi connectivity index (χ4n) is 2.68. The summed E-state index contributed by atoms with van der Waals surface area (Å²) in [5.41, 5.74) is 7.36. The summed E-state index contributed by atoms with van der Waals surface area (Å²) in [4.78, 5) is 36.5. The Morgan fingerprint density at radius 2 is 1.37 bits per heavy atom. The number of benzene rings is 3. The number of carbonyl (C=O) groups is 3. The Labute approximate surface area is 174 Å². The molecule has 0 amide bonds. The zero-order valence-corrected chi connectivity index (χ0v) is 16.2. The highest BCUT2D eigenvalue weighted by atomic mass is 16.5. The topological polar surface area (TPSA) is 95.7 Å². The van der Waals surface area contributed by atoms with Crippen LogP contribution in [-0.4, -0.2) is 30.2 Å². The zero-order valence-electron chi connectivity index (χ0n) is 16.2. The molecule has 2 N–H and O–H groups in total. The Kier molecular flexibility index (Phi) is 7.08. The second kappa shape index (κ2) is 10.1. The van der Waals surface area contributed by atoms with Crippen LogP contribution in [0.25, 0.3) is 0 Å². The summed E-state index contributed by atoms with van der Waals surface area (Å²) in [5.74, 6) is -1.30. The van der Waals surface area contributed by atoms with Gasteiger partial charge in [-0.05, 0) is 29.8 Å². The smallest absolute Gasteiger partial charge is 0.331 e. The summed E-state index contributed by atoms with van der Waals surface area (Å²) in [6.45, 7) is -0.0854. The largest absolute Gasteiger partial charge is 0.489 e. The molecular formula is C24H21NO5. The number of Topliss-reactive ketones (excluding diaryl/α,β-unsaturated/α-hetero) is 2. The molecule has 0 aromatic heterocycles. The van der Waals surface area contributed by atoms with Crippen molar-refractivity contribution in [3.05, 3.63) is 102 Å². The fraction of sp³-hybridized carbons (Fsp3) is 0.125. The molecule has 0 spiro atoms. The highest BCUT2D eigenvalue weighted by Crippen LogP contribution is 2.15. The van der Waals surface area contributed by atoms with E-state index in [9.17, 15) is 14.4 Å². The molecule has 0 fully saturated rings. The van der Waals surface area contributed by atoms with Crippen LogP contribution in [0, 0.1) is 0 Å². The lowest BCUT2D eigenvalue weighted by atomic mass is 10.1. The predicted octanol–water partition coefficient (Wildman–Crippen LogP) is 3.20. The second-order valence-electron chi connectivity index (χ2n) is 6.54. The molecule has 152 valence electrons. The van der Waals surface area contributed by atoms with Crippen molar-refractivity contribution < 1.29 is 23.9 Å². The van der Waals surface area contributed by atoms with E-state index in [0.29, 0.717) is 23.5 Å². The van der Waals surface area contributed by atoms with Gasteiger partial charge in [-0.3, -0.25) is 9.59 Å². The molecule has 0 saturated carbocycles. The molecule has 0 aliphatic heterocycles. The van der Waals surface area contributed by atoms with Crippen molar-refractivity contribution in [3.63, 3.8) is 0 Å². The molecule has 6 heteroatoms. The van der Waals surface area contributed by atoms with Crippen LogP contribution in [0.15, 0.2) is 84.9 Å². The van der Waals surface area contributed by atoms with Gasteiger partial charge in [0.15, 0.2) is 24.2 Å². The first-order valence-electron chi connectivity index (χ1n) is 9.36. The highest BCUT2D eigenvalue weighted by Gasteiger charge is 2.25. The number of hydrogen-bond acceptors (Lipinski definition) is 6. The monoisotopic (exact) mass is 403 g/mol. The van der Waals surface area contributed by atoms with Gasteiger partial charge >= 0.3 is 5.97 Å². The van der Waals surface area contributed by atoms with E-state index in [0.717, 1.165) is 5.56 Å². The quantitative estimate of drug-likeness (QED) is 0.335. The van der Waals surface area contributed by atoms with E-state index in [1.54, 1.807) is 54.6 Å². The maximum absolute atomic E-state index is 12.3. The molecular weight excluding hydrogens is 382 g/mol. The van der Waals surface area contributed by atoms with Crippen LogP contribution in [0.2, 0.25) is 0 Å². The van der Waals surface area contributed by atoms with Crippen molar-refractivity contribution in [2.24, 2.45) is 5.73 Å². The van der Waals surface area contributed by atoms with Gasteiger partial charge in [-0.25, -0.2) is 4.79 Å². The minimum Gasteiger partial charge on any atom is -0.489 e. The van der Waals surface area contributed by atoms with Crippen LogP contribution in [-0.2, 0) is 16.1 Å². The number of rotatable bonds is 9. The molecule has 1 unspecified atom stereocenters. The Bertz CT molecular complexity index is 1000. The Morgan fingerprint density at radius 3 is 2.00 bits per heavy atom. The maximum Gasteiger partial charge on any atom is 0.331 e. The number of hydrogen-bond donors (Lipinski definition) is 1. The molecule has 6 nitrogen and oxygen atoms in total. The first-order chi connectivity index (χ1) is 14.5. The Morgan fingerprint density at radius 1 is 0.767 bits per heavy atom. The van der Waals surface area contributed by atoms with Crippen molar-refractivity contribution in [1.29, 1.82) is 0 Å². The molecule has 3 aromatic carbocycles. The summed E-state index contributed by atoms with van der Waals surface area (Å²) < 4.78 is 10.6. The minimum absolute atomic E-state index is 0.305. The average Bonchev–Trinajstić information content (AvgIpc) is 2.81. The molecule has 0 bridgehead atoms. The number of nitrogens with two attached hydrogens (primary N) is 1. The van der Waals surface area contributed by atoms with Gasteiger partial charge in [0.1, 0.15) is 12.4 Å². The number of ketones is 2. The van der Waals surface area contributed by atoms with E-state index in [1.165, 1.54) is 0 Å². The van der Waals surface area contributed by atoms with Gasteiger partial charge in [0.2, 0.25) is 0 Å². The highest BCUT2D eigenvalue weighted by molar-refractivity contribution is 6.12. The van der Waals surface area contributed by atoms with Crippen LogP contribution < -0.4 is 10.5 Å². The Balaban J connectivity index is 1.49. The first kappa shape index (κ1) is 21.0. The van der Waals surface area contributed by atoms with Crippen LogP contribution in [0.4, 0.5) is 0 Å². The third kappa shape index (κ3) is 5.62. The molecule has 3 rings (SSSR count). The second-order valence-corrected chi connectivity index (χ2v) is 6.54. The summed E-state index contributed by atoms with van der Waals surface area (Å²) in [7, 11) is 0. The normalized spacial score (nSPS) is 11.4. The number of ether oxygens (including phenoxy) is 2. The van der Waals surface area contributed by atoms with Gasteiger partial charge in [0.25, 0.3) is 0 Å². The van der Waals surface area contributed by atoms with E-state index in [1.807, 2.05) is 30.3 Å². The standard InChI is InChI=1S/C24H21NO5/c25-22(23(27)19-9-5-2-6-10-19)24(28)30-16-21(26)18-11-13-20(14-12-18)29-15-17-7-3-1-4-8-17/h1-14,22H,15-16,25H2. The first-order valence-corrected chi connectivity index (χ1v) is 9.36. The lowest BCUT2D eigenvalue weighted by molar-refractivity contribution is -0.142. The number of esters is 1. The van der Waals surface area contributed by atoms with E-state index in [-0.39, 0.29) is 0 Å². The molecule has 0 saturated heterocycles. The van der Waals surface area contributed by atoms with E-state index in [4.69, 9.17) is 15.2 Å². The van der Waals surface area contributed by atoms with Gasteiger partial charge in [0.05, 0.1) is 0 Å². The predicted molar refractivity (Wildman–Crippen MR) is 111 cm³/mol.